The van der Waals surface area contributed by atoms with Gasteiger partial charge in [0.25, 0.3) is 0 Å². The van der Waals surface area contributed by atoms with Crippen molar-refractivity contribution < 1.29 is 9.59 Å². The summed E-state index contributed by atoms with van der Waals surface area (Å²) >= 11 is 1.41. The Labute approximate surface area is 164 Å². The number of hydrogen-bond acceptors (Lipinski definition) is 4. The first-order valence-electron chi connectivity index (χ1n) is 9.67. The zero-order valence-electron chi connectivity index (χ0n) is 15.8. The van der Waals surface area contributed by atoms with Gasteiger partial charge in [0.15, 0.2) is 5.13 Å². The van der Waals surface area contributed by atoms with Crippen molar-refractivity contribution in [3.8, 4) is 0 Å². The van der Waals surface area contributed by atoms with E-state index in [1.165, 1.54) is 17.8 Å². The zero-order chi connectivity index (χ0) is 19.1. The molecule has 1 aliphatic carbocycles. The van der Waals surface area contributed by atoms with Crippen LogP contribution in [-0.4, -0.2) is 34.3 Å². The van der Waals surface area contributed by atoms with Gasteiger partial charge in [0.05, 0.1) is 5.69 Å². The van der Waals surface area contributed by atoms with Crippen LogP contribution in [-0.2, 0) is 16.0 Å². The fourth-order valence-corrected chi connectivity index (χ4v) is 4.28. The van der Waals surface area contributed by atoms with Crippen LogP contribution in [0.25, 0.3) is 0 Å². The molecule has 1 aromatic heterocycles. The minimum atomic E-state index is -0.164. The number of aryl methyl sites for hydroxylation is 2. The number of thiazole rings is 1. The molecular formula is C21H27N3O2S. The number of amides is 2. The number of benzene rings is 1. The quantitative estimate of drug-likeness (QED) is 0.777. The van der Waals surface area contributed by atoms with Crippen molar-refractivity contribution in [3.63, 3.8) is 0 Å². The molecule has 0 atom stereocenters. The van der Waals surface area contributed by atoms with E-state index < -0.39 is 0 Å². The Morgan fingerprint density at radius 1 is 1.19 bits per heavy atom. The summed E-state index contributed by atoms with van der Waals surface area (Å²) in [5.41, 5.74) is 2.04. The number of nitrogens with zero attached hydrogens (tertiary/aromatic N) is 2. The second kappa shape index (κ2) is 9.65. The predicted molar refractivity (Wildman–Crippen MR) is 109 cm³/mol. The molecule has 0 spiro atoms. The van der Waals surface area contributed by atoms with Gasteiger partial charge in [-0.25, -0.2) is 4.98 Å². The van der Waals surface area contributed by atoms with E-state index in [1.807, 2.05) is 42.6 Å². The standard InChI is InChI=1S/C21H27N3O2S/c1-16-15-27-21(22-16)23-19(25)14-24(18-10-6-3-7-11-18)20(26)13-12-17-8-4-2-5-9-17/h2,4-5,8-9,15,18H,3,6-7,10-14H2,1H3,(H,22,23,25). The van der Waals surface area contributed by atoms with Crippen LogP contribution < -0.4 is 5.32 Å². The highest BCUT2D eigenvalue weighted by atomic mass is 32.1. The lowest BCUT2D eigenvalue weighted by Crippen LogP contribution is -2.45. The molecule has 2 aromatic rings. The molecule has 5 nitrogen and oxygen atoms in total. The summed E-state index contributed by atoms with van der Waals surface area (Å²) in [6.07, 6.45) is 6.58. The molecule has 1 N–H and O–H groups in total. The molecule has 1 aliphatic rings. The topological polar surface area (TPSA) is 62.3 Å². The number of hydrogen-bond donors (Lipinski definition) is 1. The van der Waals surface area contributed by atoms with Crippen LogP contribution in [0.3, 0.4) is 0 Å². The van der Waals surface area contributed by atoms with Gasteiger partial charge in [-0.2, -0.15) is 0 Å². The third kappa shape index (κ3) is 5.89. The minimum absolute atomic E-state index is 0.0659. The molecule has 6 heteroatoms. The van der Waals surface area contributed by atoms with E-state index in [0.29, 0.717) is 18.0 Å². The predicted octanol–water partition coefficient (Wildman–Crippen LogP) is 4.18. The van der Waals surface area contributed by atoms with Crippen molar-refractivity contribution >= 4 is 28.3 Å². The first-order chi connectivity index (χ1) is 13.1. The van der Waals surface area contributed by atoms with E-state index in [-0.39, 0.29) is 24.4 Å². The van der Waals surface area contributed by atoms with Crippen molar-refractivity contribution in [2.75, 3.05) is 11.9 Å². The maximum absolute atomic E-state index is 12.9. The molecule has 0 radical (unpaired) electrons. The molecule has 1 saturated carbocycles. The van der Waals surface area contributed by atoms with Crippen LogP contribution in [0.1, 0.15) is 49.8 Å². The third-order valence-electron chi connectivity index (χ3n) is 4.99. The SMILES string of the molecule is Cc1csc(NC(=O)CN(C(=O)CCc2ccccc2)C2CCCCC2)n1. The van der Waals surface area contributed by atoms with E-state index in [4.69, 9.17) is 0 Å². The highest BCUT2D eigenvalue weighted by Gasteiger charge is 2.27. The van der Waals surface area contributed by atoms with Gasteiger partial charge in [0, 0.05) is 17.8 Å². The van der Waals surface area contributed by atoms with Gasteiger partial charge in [-0.3, -0.25) is 9.59 Å². The number of anilines is 1. The maximum atomic E-state index is 12.9. The summed E-state index contributed by atoms with van der Waals surface area (Å²) in [6.45, 7) is 2.00. The largest absolute Gasteiger partial charge is 0.330 e. The van der Waals surface area contributed by atoms with Gasteiger partial charge in [0.2, 0.25) is 11.8 Å². The lowest BCUT2D eigenvalue weighted by Gasteiger charge is -2.34. The van der Waals surface area contributed by atoms with E-state index >= 15 is 0 Å². The Balaban J connectivity index is 1.62. The van der Waals surface area contributed by atoms with Gasteiger partial charge in [-0.05, 0) is 31.7 Å². The summed E-state index contributed by atoms with van der Waals surface area (Å²) in [7, 11) is 0. The van der Waals surface area contributed by atoms with Crippen LogP contribution >= 0.6 is 11.3 Å². The normalized spacial score (nSPS) is 14.7. The number of carbonyl (C=O) groups excluding carboxylic acids is 2. The van der Waals surface area contributed by atoms with Gasteiger partial charge in [0.1, 0.15) is 6.54 Å². The Morgan fingerprint density at radius 2 is 1.93 bits per heavy atom. The van der Waals surface area contributed by atoms with E-state index in [9.17, 15) is 9.59 Å². The fraction of sp³-hybridized carbons (Fsp3) is 0.476. The second-order valence-corrected chi connectivity index (χ2v) is 8.00. The van der Waals surface area contributed by atoms with Gasteiger partial charge < -0.3 is 10.2 Å². The Hall–Kier alpha value is -2.21. The maximum Gasteiger partial charge on any atom is 0.245 e. The minimum Gasteiger partial charge on any atom is -0.330 e. The van der Waals surface area contributed by atoms with Crippen LogP contribution in [0.5, 0.6) is 0 Å². The molecule has 27 heavy (non-hydrogen) atoms. The molecule has 0 bridgehead atoms. The summed E-state index contributed by atoms with van der Waals surface area (Å²) in [6, 6.07) is 10.2. The summed E-state index contributed by atoms with van der Waals surface area (Å²) in [4.78, 5) is 31.5. The van der Waals surface area contributed by atoms with Crippen molar-refractivity contribution in [2.45, 2.75) is 57.9 Å². The molecule has 1 aromatic carbocycles. The highest BCUT2D eigenvalue weighted by molar-refractivity contribution is 7.13. The molecule has 0 saturated heterocycles. The first kappa shape index (κ1) is 19.5. The Morgan fingerprint density at radius 3 is 2.59 bits per heavy atom. The lowest BCUT2D eigenvalue weighted by atomic mass is 9.93. The monoisotopic (exact) mass is 385 g/mol. The Kier molecular flexibility index (Phi) is 6.98. The lowest BCUT2D eigenvalue weighted by molar-refractivity contribution is -0.137. The summed E-state index contributed by atoms with van der Waals surface area (Å²) < 4.78 is 0. The van der Waals surface area contributed by atoms with Gasteiger partial charge in [-0.1, -0.05) is 49.6 Å². The molecule has 0 aliphatic heterocycles. The molecule has 1 heterocycles. The van der Waals surface area contributed by atoms with Crippen molar-refractivity contribution in [1.82, 2.24) is 9.88 Å². The van der Waals surface area contributed by atoms with Crippen LogP contribution in [0.4, 0.5) is 5.13 Å². The van der Waals surface area contributed by atoms with E-state index in [2.05, 4.69) is 10.3 Å². The molecule has 2 amide bonds. The zero-order valence-corrected chi connectivity index (χ0v) is 16.6. The van der Waals surface area contributed by atoms with E-state index in [0.717, 1.165) is 36.9 Å². The molecule has 0 unspecified atom stereocenters. The number of rotatable bonds is 7. The Bertz CT molecular complexity index is 754. The molecule has 3 rings (SSSR count). The molecule has 144 valence electrons. The van der Waals surface area contributed by atoms with Crippen molar-refractivity contribution in [1.29, 1.82) is 0 Å². The van der Waals surface area contributed by atoms with Crippen LogP contribution in [0.15, 0.2) is 35.7 Å². The fourth-order valence-electron chi connectivity index (χ4n) is 3.58. The number of carbonyl (C=O) groups is 2. The average molecular weight is 386 g/mol. The van der Waals surface area contributed by atoms with Crippen molar-refractivity contribution in [3.05, 3.63) is 47.0 Å². The van der Waals surface area contributed by atoms with Crippen molar-refractivity contribution in [2.24, 2.45) is 0 Å². The van der Waals surface area contributed by atoms with Gasteiger partial charge in [-0.15, -0.1) is 11.3 Å². The smallest absolute Gasteiger partial charge is 0.245 e. The first-order valence-corrected chi connectivity index (χ1v) is 10.5. The number of nitrogens with one attached hydrogen (secondary N) is 1. The summed E-state index contributed by atoms with van der Waals surface area (Å²) in [5.74, 6) is -0.0980. The van der Waals surface area contributed by atoms with Gasteiger partial charge >= 0.3 is 0 Å². The highest BCUT2D eigenvalue weighted by Crippen LogP contribution is 2.24. The second-order valence-electron chi connectivity index (χ2n) is 7.14. The van der Waals surface area contributed by atoms with Crippen LogP contribution in [0.2, 0.25) is 0 Å². The van der Waals surface area contributed by atoms with E-state index in [1.54, 1.807) is 4.90 Å². The van der Waals surface area contributed by atoms with Crippen LogP contribution in [0, 0.1) is 6.92 Å². The molecule has 1 fully saturated rings. The number of aromatic nitrogens is 1. The third-order valence-corrected chi connectivity index (χ3v) is 5.86. The average Bonchev–Trinajstić information content (AvgIpc) is 3.10. The molecular weight excluding hydrogens is 358 g/mol. The summed E-state index contributed by atoms with van der Waals surface area (Å²) in [5, 5.41) is 5.33.